The lowest BCUT2D eigenvalue weighted by molar-refractivity contribution is -0.130. The van der Waals surface area contributed by atoms with E-state index in [2.05, 4.69) is 26.8 Å². The molecular weight excluding hydrogens is 172 g/mol. The van der Waals surface area contributed by atoms with Crippen LogP contribution in [0.5, 0.6) is 0 Å². The fourth-order valence-corrected chi connectivity index (χ4v) is 2.84. The van der Waals surface area contributed by atoms with Gasteiger partial charge in [0.25, 0.3) is 0 Å². The van der Waals surface area contributed by atoms with Crippen LogP contribution in [-0.4, -0.2) is 41.6 Å². The Balaban J connectivity index is 0.000000217. The molecule has 0 aromatic carbocycles. The van der Waals surface area contributed by atoms with Crippen LogP contribution in [0.25, 0.3) is 0 Å². The Bertz CT molecular complexity index is 87.5. The van der Waals surface area contributed by atoms with Crippen molar-refractivity contribution >= 4 is 9.68 Å². The lowest BCUT2D eigenvalue weighted by Crippen LogP contribution is -2.20. The second kappa shape index (κ2) is 9.15. The molecule has 0 aromatic rings. The van der Waals surface area contributed by atoms with Gasteiger partial charge in [-0.3, -0.25) is 9.68 Å². The summed E-state index contributed by atoms with van der Waals surface area (Å²) >= 11 is 0. The van der Waals surface area contributed by atoms with Crippen molar-refractivity contribution in [3.8, 4) is 0 Å². The smallest absolute Gasteiger partial charge is 0.0950 e. The van der Waals surface area contributed by atoms with E-state index in [1.54, 1.807) is 6.04 Å². The molecule has 0 radical (unpaired) electrons. The predicted molar refractivity (Wildman–Crippen MR) is 52.4 cm³/mol. The molecule has 12 heavy (non-hydrogen) atoms. The predicted octanol–water partition coefficient (Wildman–Crippen LogP) is -0.0871. The third-order valence-corrected chi connectivity index (χ3v) is 4.02. The first-order valence-electron chi connectivity index (χ1n) is 4.38. The first-order chi connectivity index (χ1) is 5.85. The highest BCUT2D eigenvalue weighted by molar-refractivity contribution is 6.32. The molecule has 0 bridgehead atoms. The first kappa shape index (κ1) is 12.1. The molecule has 0 aromatic heterocycles. The van der Waals surface area contributed by atoms with Crippen LogP contribution >= 0.6 is 0 Å². The topological polar surface area (TPSA) is 33.7 Å². The van der Waals surface area contributed by atoms with E-state index in [1.165, 1.54) is 33.7 Å². The third kappa shape index (κ3) is 6.75. The van der Waals surface area contributed by atoms with E-state index in [4.69, 9.17) is 0 Å². The second-order valence-corrected chi connectivity index (χ2v) is 4.68. The van der Waals surface area contributed by atoms with Crippen LogP contribution in [0.15, 0.2) is 0 Å². The van der Waals surface area contributed by atoms with Crippen molar-refractivity contribution in [2.24, 2.45) is 0 Å². The molecule has 1 fully saturated rings. The van der Waals surface area contributed by atoms with E-state index in [0.717, 1.165) is 0 Å². The summed E-state index contributed by atoms with van der Waals surface area (Å²) in [6, 6.07) is 1.56. The molecule has 0 atom stereocenters. The molecule has 1 rings (SSSR count). The van der Waals surface area contributed by atoms with Gasteiger partial charge in [0.2, 0.25) is 0 Å². The van der Waals surface area contributed by atoms with Gasteiger partial charge < -0.3 is 4.57 Å². The molecule has 1 aliphatic heterocycles. The maximum absolute atomic E-state index is 4.22. The van der Waals surface area contributed by atoms with Crippen LogP contribution in [0.1, 0.15) is 13.3 Å². The zero-order chi connectivity index (χ0) is 9.23. The van der Waals surface area contributed by atoms with Gasteiger partial charge in [0.1, 0.15) is 0 Å². The molecule has 1 saturated heterocycles. The van der Waals surface area contributed by atoms with Gasteiger partial charge in [-0.1, -0.05) is 12.6 Å². The van der Waals surface area contributed by atoms with Gasteiger partial charge in [0.05, 0.1) is 23.9 Å². The molecule has 4 nitrogen and oxygen atoms in total. The quantitative estimate of drug-likeness (QED) is 0.501. The Morgan fingerprint density at radius 2 is 2.08 bits per heavy atom. The van der Waals surface area contributed by atoms with Gasteiger partial charge >= 0.3 is 0 Å². The summed E-state index contributed by atoms with van der Waals surface area (Å²) in [5.74, 6) is 0. The normalized spacial score (nSPS) is 19.2. The molecule has 1 N–H and O–H groups in total. The zero-order valence-corrected chi connectivity index (χ0v) is 9.71. The Kier molecular flexibility index (Phi) is 9.19. The standard InChI is InChI=1S/C5H13NSi.C2H7NO2/c1-2-6-4-3-5-7-6;1-4-3-5-2/h2-5,7H2,1H3;3H,1-2H3. The highest BCUT2D eigenvalue weighted by Crippen LogP contribution is 2.03. The number of hydrogen-bond donors (Lipinski definition) is 1. The van der Waals surface area contributed by atoms with Crippen molar-refractivity contribution in [1.82, 2.24) is 10.2 Å². The number of nitrogens with one attached hydrogen (secondary N) is 1. The minimum atomic E-state index is 0.291. The number of rotatable bonds is 3. The maximum atomic E-state index is 4.22. The van der Waals surface area contributed by atoms with Crippen LogP contribution in [0, 0.1) is 0 Å². The van der Waals surface area contributed by atoms with Gasteiger partial charge in [-0.05, 0) is 25.6 Å². The van der Waals surface area contributed by atoms with Crippen molar-refractivity contribution in [3.63, 3.8) is 0 Å². The highest BCUT2D eigenvalue weighted by Gasteiger charge is 2.07. The van der Waals surface area contributed by atoms with Crippen molar-refractivity contribution in [2.45, 2.75) is 19.4 Å². The van der Waals surface area contributed by atoms with Gasteiger partial charge in [-0.25, -0.2) is 0 Å². The summed E-state index contributed by atoms with van der Waals surface area (Å²) in [6.45, 7) is 4.98. The van der Waals surface area contributed by atoms with Crippen LogP contribution in [0.4, 0.5) is 0 Å². The van der Waals surface area contributed by atoms with Gasteiger partial charge in [0.15, 0.2) is 0 Å². The molecule has 0 saturated carbocycles. The largest absolute Gasteiger partial charge is 0.329 e. The highest BCUT2D eigenvalue weighted by atomic mass is 28.2. The van der Waals surface area contributed by atoms with Crippen molar-refractivity contribution in [3.05, 3.63) is 0 Å². The first-order valence-corrected chi connectivity index (χ1v) is 6.01. The lowest BCUT2D eigenvalue weighted by atomic mass is 10.5. The Morgan fingerprint density at radius 1 is 1.42 bits per heavy atom. The number of hydrogen-bond acceptors (Lipinski definition) is 4. The molecule has 1 heterocycles. The monoisotopic (exact) mass is 192 g/mol. The van der Waals surface area contributed by atoms with E-state index in [0.29, 0.717) is 9.68 Å². The molecule has 0 unspecified atom stereocenters. The average Bonchev–Trinajstić information content (AvgIpc) is 2.58. The Labute approximate surface area is 77.0 Å². The van der Waals surface area contributed by atoms with Crippen molar-refractivity contribution in [1.29, 1.82) is 0 Å². The summed E-state index contributed by atoms with van der Waals surface area (Å²) in [7, 11) is 3.24. The van der Waals surface area contributed by atoms with Crippen LogP contribution in [0.3, 0.4) is 0 Å². The Hall–Kier alpha value is 0.0569. The van der Waals surface area contributed by atoms with Crippen LogP contribution in [0.2, 0.25) is 6.04 Å². The van der Waals surface area contributed by atoms with E-state index in [9.17, 15) is 0 Å². The average molecular weight is 192 g/mol. The van der Waals surface area contributed by atoms with Gasteiger partial charge in [-0.2, -0.15) is 0 Å². The van der Waals surface area contributed by atoms with E-state index in [1.807, 2.05) is 0 Å². The van der Waals surface area contributed by atoms with E-state index < -0.39 is 0 Å². The minimum absolute atomic E-state index is 0.291. The van der Waals surface area contributed by atoms with E-state index in [-0.39, 0.29) is 0 Å². The second-order valence-electron chi connectivity index (χ2n) is 2.63. The summed E-state index contributed by atoms with van der Waals surface area (Å²) < 4.78 is 2.62. The van der Waals surface area contributed by atoms with Crippen LogP contribution in [-0.2, 0) is 9.68 Å². The summed E-state index contributed by atoms with van der Waals surface area (Å²) in [6.07, 6.45) is 1.49. The third-order valence-electron chi connectivity index (χ3n) is 1.81. The van der Waals surface area contributed by atoms with Crippen molar-refractivity contribution < 1.29 is 9.68 Å². The van der Waals surface area contributed by atoms with E-state index >= 15 is 0 Å². The molecule has 0 spiro atoms. The summed E-state index contributed by atoms with van der Waals surface area (Å²) in [4.78, 5) is 8.44. The lowest BCUT2D eigenvalue weighted by Gasteiger charge is -2.08. The Morgan fingerprint density at radius 3 is 2.25 bits per heavy atom. The fraction of sp³-hybridized carbons (Fsp3) is 1.00. The summed E-state index contributed by atoms with van der Waals surface area (Å²) in [5.41, 5.74) is 2.11. The van der Waals surface area contributed by atoms with Crippen LogP contribution < -0.4 is 5.64 Å². The molecule has 5 heteroatoms. The zero-order valence-electron chi connectivity index (χ0n) is 8.30. The molecule has 0 aliphatic carbocycles. The molecule has 0 amide bonds. The SMILES string of the molecule is CCN1CCC[SiH2]1.CONOC. The molecule has 74 valence electrons. The molecular formula is C7H20N2O2Si. The maximum Gasteiger partial charge on any atom is 0.0950 e. The minimum Gasteiger partial charge on any atom is -0.329 e. The van der Waals surface area contributed by atoms with Gasteiger partial charge in [0, 0.05) is 0 Å². The van der Waals surface area contributed by atoms with Crippen molar-refractivity contribution in [2.75, 3.05) is 27.3 Å². The van der Waals surface area contributed by atoms with Gasteiger partial charge in [-0.15, -0.1) is 0 Å². The summed E-state index contributed by atoms with van der Waals surface area (Å²) in [5, 5.41) is 0. The molecule has 1 aliphatic rings. The fourth-order valence-electron chi connectivity index (χ4n) is 1.18. The number of nitrogens with zero attached hydrogens (tertiary/aromatic N) is 1.